The maximum atomic E-state index is 11.7. The van der Waals surface area contributed by atoms with Crippen LogP contribution in [0.25, 0.3) is 0 Å². The second kappa shape index (κ2) is 4.65. The first-order chi connectivity index (χ1) is 8.18. The zero-order valence-electron chi connectivity index (χ0n) is 9.27. The molecule has 1 aromatic carbocycles. The summed E-state index contributed by atoms with van der Waals surface area (Å²) in [4.78, 5) is 26.1. The van der Waals surface area contributed by atoms with Crippen molar-refractivity contribution in [3.63, 3.8) is 0 Å². The lowest BCUT2D eigenvalue weighted by Gasteiger charge is -2.05. The molecule has 86 valence electrons. The molecule has 0 radical (unpaired) electrons. The third kappa shape index (κ3) is 2.42. The van der Waals surface area contributed by atoms with Gasteiger partial charge in [-0.2, -0.15) is 0 Å². The second-order valence-electron chi connectivity index (χ2n) is 3.55. The van der Waals surface area contributed by atoms with Gasteiger partial charge in [0.25, 0.3) is 0 Å². The zero-order chi connectivity index (χ0) is 12.3. The molecule has 17 heavy (non-hydrogen) atoms. The number of aromatic nitrogens is 1. The van der Waals surface area contributed by atoms with Crippen LogP contribution in [-0.4, -0.2) is 11.0 Å². The molecular formula is C13H11NO3. The maximum absolute atomic E-state index is 11.7. The monoisotopic (exact) mass is 229 g/mol. The number of hydrogen-bond acceptors (Lipinski definition) is 3. The average molecular weight is 229 g/mol. The molecule has 0 bridgehead atoms. The van der Waals surface area contributed by atoms with Crippen molar-refractivity contribution in [2.24, 2.45) is 0 Å². The van der Waals surface area contributed by atoms with Crippen molar-refractivity contribution in [1.29, 1.82) is 0 Å². The first-order valence-electron chi connectivity index (χ1n) is 5.14. The predicted molar refractivity (Wildman–Crippen MR) is 63.2 cm³/mol. The predicted octanol–water partition coefficient (Wildman–Crippen LogP) is 1.90. The maximum Gasteiger partial charge on any atom is 0.343 e. The molecule has 1 N–H and O–H groups in total. The molecule has 0 aliphatic rings. The number of rotatable bonds is 2. The minimum Gasteiger partial charge on any atom is -0.417 e. The number of carbonyl (C=O) groups excluding carboxylic acids is 1. The van der Waals surface area contributed by atoms with Crippen LogP contribution in [0.4, 0.5) is 0 Å². The fourth-order valence-electron chi connectivity index (χ4n) is 1.42. The number of hydrogen-bond donors (Lipinski definition) is 1. The highest BCUT2D eigenvalue weighted by molar-refractivity contribution is 5.91. The summed E-state index contributed by atoms with van der Waals surface area (Å²) >= 11 is 0. The van der Waals surface area contributed by atoms with Crippen molar-refractivity contribution < 1.29 is 9.53 Å². The summed E-state index contributed by atoms with van der Waals surface area (Å²) < 4.78 is 5.08. The number of benzene rings is 1. The molecule has 2 aromatic rings. The molecule has 0 saturated carbocycles. The largest absolute Gasteiger partial charge is 0.417 e. The molecular weight excluding hydrogens is 218 g/mol. The minimum atomic E-state index is -0.537. The number of pyridine rings is 1. The van der Waals surface area contributed by atoms with Crippen LogP contribution in [0.3, 0.4) is 0 Å². The Morgan fingerprint density at radius 3 is 2.53 bits per heavy atom. The number of esters is 1. The fraction of sp³-hybridized carbons (Fsp3) is 0.0769. The van der Waals surface area contributed by atoms with E-state index in [-0.39, 0.29) is 11.2 Å². The Labute approximate surface area is 97.9 Å². The van der Waals surface area contributed by atoms with E-state index >= 15 is 0 Å². The van der Waals surface area contributed by atoms with Gasteiger partial charge in [-0.1, -0.05) is 18.2 Å². The molecule has 4 heteroatoms. The van der Waals surface area contributed by atoms with Crippen LogP contribution >= 0.6 is 0 Å². The van der Waals surface area contributed by atoms with Gasteiger partial charge >= 0.3 is 5.97 Å². The number of H-pyrrole nitrogens is 1. The van der Waals surface area contributed by atoms with Gasteiger partial charge in [-0.3, -0.25) is 4.79 Å². The van der Waals surface area contributed by atoms with Crippen LogP contribution < -0.4 is 10.2 Å². The van der Waals surface area contributed by atoms with Gasteiger partial charge in [0.05, 0.1) is 11.3 Å². The Hall–Kier alpha value is -2.36. The molecule has 0 saturated heterocycles. The summed E-state index contributed by atoms with van der Waals surface area (Å²) in [6, 6.07) is 9.86. The van der Waals surface area contributed by atoms with Gasteiger partial charge in [0.15, 0.2) is 5.75 Å². The van der Waals surface area contributed by atoms with E-state index in [9.17, 15) is 9.59 Å². The zero-order valence-corrected chi connectivity index (χ0v) is 9.27. The van der Waals surface area contributed by atoms with E-state index < -0.39 is 5.97 Å². The number of aryl methyl sites for hydroxylation is 1. The van der Waals surface area contributed by atoms with E-state index in [1.165, 1.54) is 12.3 Å². The lowest BCUT2D eigenvalue weighted by Crippen LogP contribution is -2.16. The Kier molecular flexibility index (Phi) is 3.05. The van der Waals surface area contributed by atoms with Gasteiger partial charge in [0, 0.05) is 12.3 Å². The van der Waals surface area contributed by atoms with Crippen molar-refractivity contribution in [1.82, 2.24) is 4.98 Å². The van der Waals surface area contributed by atoms with Gasteiger partial charge in [-0.25, -0.2) is 4.79 Å². The van der Waals surface area contributed by atoms with E-state index in [2.05, 4.69) is 4.98 Å². The summed E-state index contributed by atoms with van der Waals surface area (Å²) in [6.45, 7) is 1.68. The number of ether oxygens (including phenoxy) is 1. The molecule has 0 unspecified atom stereocenters. The van der Waals surface area contributed by atoms with E-state index in [0.29, 0.717) is 11.3 Å². The van der Waals surface area contributed by atoms with Crippen molar-refractivity contribution in [2.45, 2.75) is 6.92 Å². The van der Waals surface area contributed by atoms with E-state index in [1.807, 2.05) is 0 Å². The highest BCUT2D eigenvalue weighted by atomic mass is 16.5. The van der Waals surface area contributed by atoms with E-state index in [1.54, 1.807) is 37.3 Å². The minimum absolute atomic E-state index is 0.0429. The summed E-state index contributed by atoms with van der Waals surface area (Å²) in [5.41, 5.74) is 0.627. The summed E-state index contributed by atoms with van der Waals surface area (Å²) in [5, 5.41) is 0. The lowest BCUT2D eigenvalue weighted by molar-refractivity contribution is 0.0731. The molecule has 4 nitrogen and oxygen atoms in total. The van der Waals surface area contributed by atoms with Crippen molar-refractivity contribution >= 4 is 5.97 Å². The quantitative estimate of drug-likeness (QED) is 0.800. The number of aromatic amines is 1. The Bertz CT molecular complexity index is 587. The van der Waals surface area contributed by atoms with Crippen molar-refractivity contribution in [2.75, 3.05) is 0 Å². The third-order valence-corrected chi connectivity index (χ3v) is 2.30. The Balaban J connectivity index is 2.28. The fourth-order valence-corrected chi connectivity index (χ4v) is 1.42. The van der Waals surface area contributed by atoms with Gasteiger partial charge in [-0.05, 0) is 19.1 Å². The molecule has 0 aliphatic heterocycles. The van der Waals surface area contributed by atoms with Crippen LogP contribution in [0, 0.1) is 6.92 Å². The Morgan fingerprint density at radius 1 is 1.18 bits per heavy atom. The summed E-state index contributed by atoms with van der Waals surface area (Å²) in [6.07, 6.45) is 1.51. The molecule has 2 rings (SSSR count). The first kappa shape index (κ1) is 11.1. The molecule has 0 fully saturated rings. The normalized spacial score (nSPS) is 9.94. The topological polar surface area (TPSA) is 59.2 Å². The van der Waals surface area contributed by atoms with Gasteiger partial charge < -0.3 is 9.72 Å². The highest BCUT2D eigenvalue weighted by Gasteiger charge is 2.12. The Morgan fingerprint density at radius 2 is 1.88 bits per heavy atom. The van der Waals surface area contributed by atoms with Crippen molar-refractivity contribution in [3.8, 4) is 5.75 Å². The van der Waals surface area contributed by atoms with Gasteiger partial charge in [0.2, 0.25) is 5.43 Å². The van der Waals surface area contributed by atoms with E-state index in [4.69, 9.17) is 4.74 Å². The van der Waals surface area contributed by atoms with Crippen LogP contribution in [-0.2, 0) is 0 Å². The lowest BCUT2D eigenvalue weighted by atomic mass is 10.2. The molecule has 1 aromatic heterocycles. The van der Waals surface area contributed by atoms with Crippen LogP contribution in [0.2, 0.25) is 0 Å². The molecule has 1 heterocycles. The smallest absolute Gasteiger partial charge is 0.343 e. The average Bonchev–Trinajstić information content (AvgIpc) is 2.35. The van der Waals surface area contributed by atoms with Crippen LogP contribution in [0.1, 0.15) is 16.1 Å². The summed E-state index contributed by atoms with van der Waals surface area (Å²) in [5.74, 6) is -0.494. The van der Waals surface area contributed by atoms with Crippen molar-refractivity contribution in [3.05, 3.63) is 64.1 Å². The number of nitrogens with one attached hydrogen (secondary N) is 1. The van der Waals surface area contributed by atoms with Gasteiger partial charge in [-0.15, -0.1) is 0 Å². The molecule has 0 amide bonds. The van der Waals surface area contributed by atoms with Crippen LogP contribution in [0.5, 0.6) is 5.75 Å². The summed E-state index contributed by atoms with van der Waals surface area (Å²) in [7, 11) is 0. The van der Waals surface area contributed by atoms with Crippen LogP contribution in [0.15, 0.2) is 47.4 Å². The second-order valence-corrected chi connectivity index (χ2v) is 3.55. The first-order valence-corrected chi connectivity index (χ1v) is 5.14. The number of carbonyl (C=O) groups is 1. The molecule has 0 spiro atoms. The standard InChI is InChI=1S/C13H11NO3/c1-9-12(11(15)7-8-14-9)17-13(16)10-5-3-2-4-6-10/h2-8H,1H3,(H,14,15). The molecule has 0 atom stereocenters. The molecule has 0 aliphatic carbocycles. The third-order valence-electron chi connectivity index (χ3n) is 2.30. The SMILES string of the molecule is Cc1[nH]ccc(=O)c1OC(=O)c1ccccc1. The highest BCUT2D eigenvalue weighted by Crippen LogP contribution is 2.10. The van der Waals surface area contributed by atoms with E-state index in [0.717, 1.165) is 0 Å². The van der Waals surface area contributed by atoms with Gasteiger partial charge in [0.1, 0.15) is 0 Å².